The molecule has 2 N–H and O–H groups in total. The quantitative estimate of drug-likeness (QED) is 0.897. The van der Waals surface area contributed by atoms with Crippen LogP contribution in [0.2, 0.25) is 0 Å². The Hall–Kier alpha value is -1.06. The molecule has 0 radical (unpaired) electrons. The smallest absolute Gasteiger partial charge is 0.122 e. The number of rotatable bonds is 4. The van der Waals surface area contributed by atoms with Crippen molar-refractivity contribution in [3.05, 3.63) is 29.3 Å². The van der Waals surface area contributed by atoms with Crippen LogP contribution < -0.4 is 10.5 Å². The van der Waals surface area contributed by atoms with E-state index < -0.39 is 0 Å². The Bertz CT molecular complexity index is 460. The minimum Gasteiger partial charge on any atom is -0.493 e. The summed E-state index contributed by atoms with van der Waals surface area (Å²) in [5, 5.41) is 0. The molecule has 104 valence electrons. The summed E-state index contributed by atoms with van der Waals surface area (Å²) in [6, 6.07) is 6.66. The lowest BCUT2D eigenvalue weighted by atomic mass is 9.90. The average Bonchev–Trinajstić information content (AvgIpc) is 3.03. The highest BCUT2D eigenvalue weighted by atomic mass is 16.5. The molecule has 2 aliphatic heterocycles. The summed E-state index contributed by atoms with van der Waals surface area (Å²) in [7, 11) is 0. The van der Waals surface area contributed by atoms with E-state index >= 15 is 0 Å². The number of hydrogen-bond acceptors (Lipinski definition) is 3. The lowest BCUT2D eigenvalue weighted by Crippen LogP contribution is -2.32. The molecule has 0 amide bonds. The van der Waals surface area contributed by atoms with Crippen molar-refractivity contribution < 1.29 is 4.74 Å². The minimum atomic E-state index is 0.339. The van der Waals surface area contributed by atoms with Crippen LogP contribution in [0, 0.1) is 5.41 Å². The Morgan fingerprint density at radius 3 is 3.11 bits per heavy atom. The molecule has 2 heterocycles. The van der Waals surface area contributed by atoms with Crippen molar-refractivity contribution in [2.45, 2.75) is 26.2 Å². The first-order chi connectivity index (χ1) is 9.18. The first-order valence-electron chi connectivity index (χ1n) is 7.36. The number of likely N-dealkylation sites (tertiary alicyclic amines) is 1. The van der Waals surface area contributed by atoms with Crippen LogP contribution in [0.25, 0.3) is 0 Å². The van der Waals surface area contributed by atoms with Crippen molar-refractivity contribution in [2.24, 2.45) is 11.1 Å². The van der Waals surface area contributed by atoms with Gasteiger partial charge in [-0.25, -0.2) is 0 Å². The zero-order chi connectivity index (χ0) is 13.3. The SMILES string of the molecule is CC1(CN)CCN(CCc2ccc3c(c2)CCO3)C1. The summed E-state index contributed by atoms with van der Waals surface area (Å²) >= 11 is 0. The van der Waals surface area contributed by atoms with Crippen molar-refractivity contribution in [2.75, 3.05) is 32.8 Å². The first-order valence-corrected chi connectivity index (χ1v) is 7.36. The monoisotopic (exact) mass is 260 g/mol. The summed E-state index contributed by atoms with van der Waals surface area (Å²) in [6.45, 7) is 7.45. The Labute approximate surface area is 115 Å². The molecule has 2 aliphatic rings. The average molecular weight is 260 g/mol. The predicted octanol–water partition coefficient (Wildman–Crippen LogP) is 1.83. The van der Waals surface area contributed by atoms with E-state index in [1.54, 1.807) is 0 Å². The molecule has 1 aromatic carbocycles. The maximum absolute atomic E-state index is 5.86. The highest BCUT2D eigenvalue weighted by molar-refractivity contribution is 5.39. The fourth-order valence-electron chi connectivity index (χ4n) is 3.17. The molecule has 0 spiro atoms. The molecule has 1 saturated heterocycles. The molecule has 1 atom stereocenters. The normalized spacial score (nSPS) is 26.4. The summed E-state index contributed by atoms with van der Waals surface area (Å²) in [5.41, 5.74) is 9.01. The predicted molar refractivity (Wildman–Crippen MR) is 77.6 cm³/mol. The van der Waals surface area contributed by atoms with Crippen LogP contribution in [0.5, 0.6) is 5.75 Å². The maximum atomic E-state index is 5.86. The van der Waals surface area contributed by atoms with Gasteiger partial charge in [-0.05, 0) is 48.5 Å². The zero-order valence-corrected chi connectivity index (χ0v) is 11.8. The van der Waals surface area contributed by atoms with Gasteiger partial charge in [-0.1, -0.05) is 19.1 Å². The van der Waals surface area contributed by atoms with Gasteiger partial charge in [0, 0.05) is 19.5 Å². The van der Waals surface area contributed by atoms with Crippen molar-refractivity contribution in [3.63, 3.8) is 0 Å². The second kappa shape index (κ2) is 5.14. The minimum absolute atomic E-state index is 0.339. The molecule has 3 rings (SSSR count). The third-order valence-electron chi connectivity index (χ3n) is 4.60. The van der Waals surface area contributed by atoms with Gasteiger partial charge in [0.2, 0.25) is 0 Å². The molecular formula is C16H24N2O. The fourth-order valence-corrected chi connectivity index (χ4v) is 3.17. The van der Waals surface area contributed by atoms with Crippen LogP contribution in [0.1, 0.15) is 24.5 Å². The summed E-state index contributed by atoms with van der Waals surface area (Å²) in [6.07, 6.45) is 3.44. The van der Waals surface area contributed by atoms with Gasteiger partial charge in [-0.3, -0.25) is 0 Å². The van der Waals surface area contributed by atoms with E-state index in [9.17, 15) is 0 Å². The Kier molecular flexibility index (Phi) is 3.50. The molecule has 1 aromatic rings. The van der Waals surface area contributed by atoms with Gasteiger partial charge in [0.05, 0.1) is 6.61 Å². The van der Waals surface area contributed by atoms with E-state index in [4.69, 9.17) is 10.5 Å². The van der Waals surface area contributed by atoms with Crippen LogP contribution in [0.15, 0.2) is 18.2 Å². The van der Waals surface area contributed by atoms with Gasteiger partial charge < -0.3 is 15.4 Å². The highest BCUT2D eigenvalue weighted by Gasteiger charge is 2.31. The van der Waals surface area contributed by atoms with Crippen molar-refractivity contribution in [1.29, 1.82) is 0 Å². The van der Waals surface area contributed by atoms with E-state index in [0.29, 0.717) is 5.41 Å². The second-order valence-electron chi connectivity index (χ2n) is 6.33. The van der Waals surface area contributed by atoms with Crippen LogP contribution in [-0.2, 0) is 12.8 Å². The van der Waals surface area contributed by atoms with Crippen molar-refractivity contribution in [1.82, 2.24) is 4.90 Å². The Morgan fingerprint density at radius 1 is 1.42 bits per heavy atom. The molecule has 0 aliphatic carbocycles. The largest absolute Gasteiger partial charge is 0.493 e. The number of hydrogen-bond donors (Lipinski definition) is 1. The topological polar surface area (TPSA) is 38.5 Å². The number of nitrogens with zero attached hydrogens (tertiary/aromatic N) is 1. The van der Waals surface area contributed by atoms with Crippen LogP contribution in [-0.4, -0.2) is 37.7 Å². The van der Waals surface area contributed by atoms with E-state index in [-0.39, 0.29) is 0 Å². The molecule has 1 unspecified atom stereocenters. The van der Waals surface area contributed by atoms with Crippen LogP contribution in [0.3, 0.4) is 0 Å². The zero-order valence-electron chi connectivity index (χ0n) is 11.8. The molecule has 0 bridgehead atoms. The third-order valence-corrected chi connectivity index (χ3v) is 4.60. The van der Waals surface area contributed by atoms with Crippen molar-refractivity contribution >= 4 is 0 Å². The lowest BCUT2D eigenvalue weighted by Gasteiger charge is -2.22. The standard InChI is InChI=1S/C16H24N2O/c1-16(11-17)6-8-18(12-16)7-4-13-2-3-15-14(10-13)5-9-19-15/h2-3,10H,4-9,11-12,17H2,1H3. The van der Waals surface area contributed by atoms with Gasteiger partial charge in [0.15, 0.2) is 0 Å². The molecule has 3 heteroatoms. The number of ether oxygens (including phenoxy) is 1. The van der Waals surface area contributed by atoms with Crippen LogP contribution in [0.4, 0.5) is 0 Å². The number of nitrogens with two attached hydrogens (primary N) is 1. The fraction of sp³-hybridized carbons (Fsp3) is 0.625. The van der Waals surface area contributed by atoms with Gasteiger partial charge >= 0.3 is 0 Å². The first kappa shape index (κ1) is 12.9. The molecule has 0 aromatic heterocycles. The molecule has 19 heavy (non-hydrogen) atoms. The van der Waals surface area contributed by atoms with Gasteiger partial charge in [0.25, 0.3) is 0 Å². The van der Waals surface area contributed by atoms with Crippen LogP contribution >= 0.6 is 0 Å². The summed E-state index contributed by atoms with van der Waals surface area (Å²) in [5.74, 6) is 1.08. The highest BCUT2D eigenvalue weighted by Crippen LogP contribution is 2.29. The number of fused-ring (bicyclic) bond motifs is 1. The summed E-state index contributed by atoms with van der Waals surface area (Å²) < 4.78 is 5.55. The molecule has 0 saturated carbocycles. The molecular weight excluding hydrogens is 236 g/mol. The molecule has 3 nitrogen and oxygen atoms in total. The Balaban J connectivity index is 1.56. The van der Waals surface area contributed by atoms with Gasteiger partial charge in [-0.2, -0.15) is 0 Å². The van der Waals surface area contributed by atoms with E-state index in [2.05, 4.69) is 30.0 Å². The number of benzene rings is 1. The van der Waals surface area contributed by atoms with E-state index in [0.717, 1.165) is 44.8 Å². The third kappa shape index (κ3) is 2.77. The Morgan fingerprint density at radius 2 is 2.32 bits per heavy atom. The second-order valence-corrected chi connectivity index (χ2v) is 6.33. The van der Waals surface area contributed by atoms with Gasteiger partial charge in [0.1, 0.15) is 5.75 Å². The summed E-state index contributed by atoms with van der Waals surface area (Å²) in [4.78, 5) is 2.55. The van der Waals surface area contributed by atoms with E-state index in [1.165, 1.54) is 24.1 Å². The van der Waals surface area contributed by atoms with E-state index in [1.807, 2.05) is 0 Å². The maximum Gasteiger partial charge on any atom is 0.122 e. The lowest BCUT2D eigenvalue weighted by molar-refractivity contribution is 0.283. The van der Waals surface area contributed by atoms with Crippen molar-refractivity contribution in [3.8, 4) is 5.75 Å². The molecule has 1 fully saturated rings. The van der Waals surface area contributed by atoms with Gasteiger partial charge in [-0.15, -0.1) is 0 Å².